The molecule has 0 amide bonds. The highest BCUT2D eigenvalue weighted by atomic mass is 32.2. The maximum absolute atomic E-state index is 12.5. The Bertz CT molecular complexity index is 517. The molecule has 3 rings (SSSR count). The molecule has 1 aromatic heterocycles. The zero-order valence-electron chi connectivity index (χ0n) is 10.1. The largest absolute Gasteiger partial charge is 0.310 e. The molecule has 1 aromatic rings. The number of rotatable bonds is 2. The smallest absolute Gasteiger partial charge is 0.244 e. The number of nitrogens with zero attached hydrogens (tertiary/aromatic N) is 2. The van der Waals surface area contributed by atoms with Gasteiger partial charge in [-0.05, 0) is 31.4 Å². The zero-order chi connectivity index (χ0) is 12.6. The maximum atomic E-state index is 12.5. The second-order valence-electron chi connectivity index (χ2n) is 4.98. The summed E-state index contributed by atoms with van der Waals surface area (Å²) in [4.78, 5) is 4.19. The van der Waals surface area contributed by atoms with E-state index in [1.54, 1.807) is 22.6 Å². The molecule has 3 heterocycles. The molecule has 98 valence electrons. The zero-order valence-corrected chi connectivity index (χ0v) is 10.9. The van der Waals surface area contributed by atoms with Crippen molar-refractivity contribution in [1.29, 1.82) is 0 Å². The van der Waals surface area contributed by atoms with Crippen LogP contribution in [0.2, 0.25) is 0 Å². The third-order valence-corrected chi connectivity index (χ3v) is 5.61. The van der Waals surface area contributed by atoms with Crippen LogP contribution in [0.15, 0.2) is 29.4 Å². The van der Waals surface area contributed by atoms with Crippen LogP contribution in [-0.4, -0.2) is 42.9 Å². The Labute approximate surface area is 107 Å². The van der Waals surface area contributed by atoms with Crippen LogP contribution in [0.5, 0.6) is 0 Å². The lowest BCUT2D eigenvalue weighted by atomic mass is 10.1. The van der Waals surface area contributed by atoms with Gasteiger partial charge in [-0.1, -0.05) is 0 Å². The van der Waals surface area contributed by atoms with Crippen LogP contribution in [0.25, 0.3) is 0 Å². The third-order valence-electron chi connectivity index (χ3n) is 3.76. The van der Waals surface area contributed by atoms with E-state index in [0.717, 1.165) is 12.8 Å². The van der Waals surface area contributed by atoms with Crippen LogP contribution in [0.1, 0.15) is 19.3 Å². The fourth-order valence-corrected chi connectivity index (χ4v) is 4.24. The molecule has 2 atom stereocenters. The van der Waals surface area contributed by atoms with E-state index >= 15 is 0 Å². The highest BCUT2D eigenvalue weighted by molar-refractivity contribution is 7.89. The molecule has 6 heteroatoms. The van der Waals surface area contributed by atoms with Crippen LogP contribution in [-0.2, 0) is 10.0 Å². The molecular formula is C12H17N3O2S. The SMILES string of the molecule is O=S(=O)(c1cccnc1)N1CCC2CCC(C1)N2. The van der Waals surface area contributed by atoms with E-state index in [1.807, 2.05) is 0 Å². The standard InChI is InChI=1S/C12H17N3O2S/c16-18(17,12-2-1-6-13-8-12)15-7-5-10-3-4-11(9-15)14-10/h1-2,6,8,10-11,14H,3-5,7,9H2. The Morgan fingerprint density at radius 2 is 2.11 bits per heavy atom. The van der Waals surface area contributed by atoms with Crippen molar-refractivity contribution in [3.05, 3.63) is 24.5 Å². The number of sulfonamides is 1. The van der Waals surface area contributed by atoms with Crippen molar-refractivity contribution in [2.45, 2.75) is 36.2 Å². The molecule has 5 nitrogen and oxygen atoms in total. The first kappa shape index (κ1) is 12.1. The van der Waals surface area contributed by atoms with Gasteiger partial charge in [0, 0.05) is 37.6 Å². The number of aromatic nitrogens is 1. The first-order chi connectivity index (χ1) is 8.66. The minimum atomic E-state index is -3.38. The third kappa shape index (κ3) is 2.15. The molecule has 0 radical (unpaired) electrons. The molecule has 2 unspecified atom stereocenters. The van der Waals surface area contributed by atoms with Gasteiger partial charge in [-0.2, -0.15) is 4.31 Å². The Balaban J connectivity index is 1.86. The number of nitrogens with one attached hydrogen (secondary N) is 1. The minimum absolute atomic E-state index is 0.294. The molecule has 0 aliphatic carbocycles. The average Bonchev–Trinajstić information content (AvgIpc) is 2.69. The van der Waals surface area contributed by atoms with E-state index in [1.165, 1.54) is 12.6 Å². The second-order valence-corrected chi connectivity index (χ2v) is 6.92. The van der Waals surface area contributed by atoms with E-state index in [9.17, 15) is 8.42 Å². The first-order valence-corrected chi connectivity index (χ1v) is 7.76. The highest BCUT2D eigenvalue weighted by Gasteiger charge is 2.34. The van der Waals surface area contributed by atoms with Gasteiger partial charge in [-0.15, -0.1) is 0 Å². The molecule has 1 N–H and O–H groups in total. The van der Waals surface area contributed by atoms with Crippen LogP contribution in [0.4, 0.5) is 0 Å². The summed E-state index contributed by atoms with van der Waals surface area (Å²) in [5, 5.41) is 3.48. The summed E-state index contributed by atoms with van der Waals surface area (Å²) in [6.07, 6.45) is 6.15. The van der Waals surface area contributed by atoms with Gasteiger partial charge in [0.25, 0.3) is 0 Å². The Morgan fingerprint density at radius 3 is 2.89 bits per heavy atom. The molecule has 2 bridgehead atoms. The molecule has 0 spiro atoms. The Morgan fingerprint density at radius 1 is 1.28 bits per heavy atom. The van der Waals surface area contributed by atoms with Gasteiger partial charge in [-0.3, -0.25) is 4.98 Å². The molecule has 2 saturated heterocycles. The van der Waals surface area contributed by atoms with E-state index in [2.05, 4.69) is 10.3 Å². The van der Waals surface area contributed by atoms with Crippen LogP contribution in [0, 0.1) is 0 Å². The Kier molecular flexibility index (Phi) is 3.09. The Hall–Kier alpha value is -0.980. The number of fused-ring (bicyclic) bond motifs is 2. The van der Waals surface area contributed by atoms with Gasteiger partial charge >= 0.3 is 0 Å². The fourth-order valence-electron chi connectivity index (χ4n) is 2.78. The molecule has 0 aromatic carbocycles. The lowest BCUT2D eigenvalue weighted by Gasteiger charge is -2.23. The monoisotopic (exact) mass is 267 g/mol. The summed E-state index contributed by atoms with van der Waals surface area (Å²) in [5.74, 6) is 0. The van der Waals surface area contributed by atoms with Crippen LogP contribution < -0.4 is 5.32 Å². The van der Waals surface area contributed by atoms with Crippen molar-refractivity contribution in [2.24, 2.45) is 0 Å². The van der Waals surface area contributed by atoms with Gasteiger partial charge in [-0.25, -0.2) is 8.42 Å². The molecule has 2 aliphatic rings. The minimum Gasteiger partial charge on any atom is -0.310 e. The summed E-state index contributed by atoms with van der Waals surface area (Å²) in [6.45, 7) is 1.18. The second kappa shape index (κ2) is 4.60. The predicted molar refractivity (Wildman–Crippen MR) is 67.6 cm³/mol. The number of hydrogen-bond acceptors (Lipinski definition) is 4. The van der Waals surface area contributed by atoms with Gasteiger partial charge in [0.15, 0.2) is 0 Å². The number of pyridine rings is 1. The summed E-state index contributed by atoms with van der Waals surface area (Å²) < 4.78 is 26.5. The lowest BCUT2D eigenvalue weighted by Crippen LogP contribution is -2.39. The molecular weight excluding hydrogens is 250 g/mol. The van der Waals surface area contributed by atoms with Gasteiger partial charge in [0.2, 0.25) is 10.0 Å². The van der Waals surface area contributed by atoms with E-state index in [0.29, 0.717) is 30.1 Å². The normalized spacial score (nSPS) is 29.1. The van der Waals surface area contributed by atoms with Crippen molar-refractivity contribution >= 4 is 10.0 Å². The van der Waals surface area contributed by atoms with E-state index in [4.69, 9.17) is 0 Å². The van der Waals surface area contributed by atoms with Crippen molar-refractivity contribution < 1.29 is 8.42 Å². The fraction of sp³-hybridized carbons (Fsp3) is 0.583. The first-order valence-electron chi connectivity index (χ1n) is 6.32. The average molecular weight is 267 g/mol. The predicted octanol–water partition coefficient (Wildman–Crippen LogP) is 0.597. The number of hydrogen-bond donors (Lipinski definition) is 1. The van der Waals surface area contributed by atoms with Crippen molar-refractivity contribution in [3.8, 4) is 0 Å². The molecule has 2 fully saturated rings. The van der Waals surface area contributed by atoms with E-state index < -0.39 is 10.0 Å². The summed E-state index contributed by atoms with van der Waals surface area (Å²) >= 11 is 0. The molecule has 0 saturated carbocycles. The van der Waals surface area contributed by atoms with Crippen molar-refractivity contribution in [3.63, 3.8) is 0 Å². The van der Waals surface area contributed by atoms with Gasteiger partial charge in [0.1, 0.15) is 4.90 Å². The molecule has 18 heavy (non-hydrogen) atoms. The summed E-state index contributed by atoms with van der Waals surface area (Å²) in [6, 6.07) is 4.07. The molecule has 2 aliphatic heterocycles. The van der Waals surface area contributed by atoms with Crippen LogP contribution >= 0.6 is 0 Å². The highest BCUT2D eigenvalue weighted by Crippen LogP contribution is 2.24. The van der Waals surface area contributed by atoms with Crippen LogP contribution in [0.3, 0.4) is 0 Å². The van der Waals surface area contributed by atoms with Gasteiger partial charge in [0.05, 0.1) is 0 Å². The van der Waals surface area contributed by atoms with Gasteiger partial charge < -0.3 is 5.32 Å². The summed E-state index contributed by atoms with van der Waals surface area (Å²) in [7, 11) is -3.38. The van der Waals surface area contributed by atoms with E-state index in [-0.39, 0.29) is 0 Å². The topological polar surface area (TPSA) is 62.3 Å². The quantitative estimate of drug-likeness (QED) is 0.852. The van der Waals surface area contributed by atoms with Crippen molar-refractivity contribution in [1.82, 2.24) is 14.6 Å². The lowest BCUT2D eigenvalue weighted by molar-refractivity contribution is 0.383. The van der Waals surface area contributed by atoms with Crippen molar-refractivity contribution in [2.75, 3.05) is 13.1 Å². The maximum Gasteiger partial charge on any atom is 0.244 e. The summed E-state index contributed by atoms with van der Waals surface area (Å²) in [5.41, 5.74) is 0.